The van der Waals surface area contributed by atoms with Crippen molar-refractivity contribution < 1.29 is 18.0 Å². The van der Waals surface area contributed by atoms with E-state index >= 15 is 0 Å². The van der Waals surface area contributed by atoms with Crippen LogP contribution in [0, 0.1) is 0 Å². The fourth-order valence-corrected chi connectivity index (χ4v) is 2.70. The van der Waals surface area contributed by atoms with Crippen molar-refractivity contribution in [3.8, 4) is 0 Å². The summed E-state index contributed by atoms with van der Waals surface area (Å²) in [4.78, 5) is 13.9. The van der Waals surface area contributed by atoms with Crippen molar-refractivity contribution in [3.05, 3.63) is 0 Å². The minimum atomic E-state index is -4.73. The highest BCUT2D eigenvalue weighted by atomic mass is 19.4. The molecule has 104 valence electrons. The number of alkyl halides is 3. The predicted octanol–water partition coefficient (Wildman–Crippen LogP) is 0.619. The fourth-order valence-electron chi connectivity index (χ4n) is 2.70. The van der Waals surface area contributed by atoms with Gasteiger partial charge in [0.15, 0.2) is 5.54 Å². The number of carbonyl (C=O) groups excluding carboxylic acids is 1. The number of hydrogen-bond donors (Lipinski definition) is 2. The SMILES string of the molecule is CC(N)(C(=O)NC1CCN2CCCC12)C(F)(F)F. The summed E-state index contributed by atoms with van der Waals surface area (Å²) in [6, 6.07) is -0.0248. The first-order valence-corrected chi connectivity index (χ1v) is 6.14. The summed E-state index contributed by atoms with van der Waals surface area (Å²) in [5, 5.41) is 2.47. The van der Waals surface area contributed by atoms with Crippen LogP contribution >= 0.6 is 0 Å². The zero-order valence-corrected chi connectivity index (χ0v) is 10.3. The van der Waals surface area contributed by atoms with Gasteiger partial charge in [-0.1, -0.05) is 0 Å². The normalized spacial score (nSPS) is 32.1. The van der Waals surface area contributed by atoms with Gasteiger partial charge in [0, 0.05) is 18.6 Å². The summed E-state index contributed by atoms with van der Waals surface area (Å²) in [5.41, 5.74) is 2.28. The van der Waals surface area contributed by atoms with E-state index < -0.39 is 17.6 Å². The van der Waals surface area contributed by atoms with Crippen LogP contribution in [-0.4, -0.2) is 47.7 Å². The Morgan fingerprint density at radius 3 is 2.61 bits per heavy atom. The van der Waals surface area contributed by atoms with E-state index in [0.717, 1.165) is 25.9 Å². The lowest BCUT2D eigenvalue weighted by molar-refractivity contribution is -0.187. The molecule has 7 heteroatoms. The highest BCUT2D eigenvalue weighted by Crippen LogP contribution is 2.31. The molecule has 2 aliphatic heterocycles. The Bertz CT molecular complexity index is 343. The molecule has 18 heavy (non-hydrogen) atoms. The molecule has 3 atom stereocenters. The third-order valence-electron chi connectivity index (χ3n) is 3.98. The van der Waals surface area contributed by atoms with E-state index in [2.05, 4.69) is 10.2 Å². The van der Waals surface area contributed by atoms with Gasteiger partial charge < -0.3 is 11.1 Å². The molecule has 3 unspecified atom stereocenters. The number of amides is 1. The molecule has 0 bridgehead atoms. The summed E-state index contributed by atoms with van der Waals surface area (Å²) in [5.74, 6) is -1.13. The molecule has 0 aliphatic carbocycles. The smallest absolute Gasteiger partial charge is 0.350 e. The van der Waals surface area contributed by atoms with Crippen molar-refractivity contribution in [1.29, 1.82) is 0 Å². The molecule has 0 radical (unpaired) electrons. The molecular weight excluding hydrogens is 247 g/mol. The first-order valence-electron chi connectivity index (χ1n) is 6.14. The molecule has 1 amide bonds. The monoisotopic (exact) mass is 265 g/mol. The minimum Gasteiger partial charge on any atom is -0.350 e. The molecule has 2 aliphatic rings. The molecule has 0 saturated carbocycles. The molecule has 0 spiro atoms. The lowest BCUT2D eigenvalue weighted by atomic mass is 10.00. The number of carbonyl (C=O) groups is 1. The van der Waals surface area contributed by atoms with Crippen molar-refractivity contribution in [2.75, 3.05) is 13.1 Å². The standard InChI is InChI=1S/C11H18F3N3O/c1-10(15,11(12,13)14)9(18)16-7-4-6-17-5-2-3-8(7)17/h7-8H,2-6,15H2,1H3,(H,16,18). The average Bonchev–Trinajstić information content (AvgIpc) is 2.80. The van der Waals surface area contributed by atoms with Crippen molar-refractivity contribution in [2.24, 2.45) is 5.73 Å². The number of nitrogens with one attached hydrogen (secondary N) is 1. The van der Waals surface area contributed by atoms with E-state index in [0.29, 0.717) is 13.3 Å². The Balaban J connectivity index is 2.00. The van der Waals surface area contributed by atoms with E-state index in [-0.39, 0.29) is 12.1 Å². The largest absolute Gasteiger partial charge is 0.415 e. The third kappa shape index (κ3) is 2.21. The third-order valence-corrected chi connectivity index (χ3v) is 3.98. The maximum absolute atomic E-state index is 12.6. The van der Waals surface area contributed by atoms with Gasteiger partial charge in [-0.15, -0.1) is 0 Å². The lowest BCUT2D eigenvalue weighted by Crippen LogP contribution is -2.63. The Morgan fingerprint density at radius 1 is 1.33 bits per heavy atom. The molecule has 2 fully saturated rings. The van der Waals surface area contributed by atoms with Gasteiger partial charge in [0.25, 0.3) is 0 Å². The number of hydrogen-bond acceptors (Lipinski definition) is 3. The summed E-state index contributed by atoms with van der Waals surface area (Å²) in [7, 11) is 0. The highest BCUT2D eigenvalue weighted by Gasteiger charge is 2.54. The second kappa shape index (κ2) is 4.38. The Labute approximate surface area is 104 Å². The van der Waals surface area contributed by atoms with Crippen LogP contribution in [0.15, 0.2) is 0 Å². The van der Waals surface area contributed by atoms with Crippen molar-refractivity contribution in [2.45, 2.75) is 50.0 Å². The zero-order valence-electron chi connectivity index (χ0n) is 10.3. The number of rotatable bonds is 2. The van der Waals surface area contributed by atoms with Gasteiger partial charge in [-0.2, -0.15) is 13.2 Å². The molecule has 0 aromatic rings. The molecule has 0 aromatic carbocycles. The molecule has 0 aromatic heterocycles. The molecular formula is C11H18F3N3O. The van der Waals surface area contributed by atoms with Crippen LogP contribution in [0.5, 0.6) is 0 Å². The first kappa shape index (κ1) is 13.6. The van der Waals surface area contributed by atoms with Gasteiger partial charge in [-0.25, -0.2) is 0 Å². The number of nitrogens with two attached hydrogens (primary N) is 1. The van der Waals surface area contributed by atoms with Gasteiger partial charge >= 0.3 is 6.18 Å². The van der Waals surface area contributed by atoms with Crippen LogP contribution in [-0.2, 0) is 4.79 Å². The van der Waals surface area contributed by atoms with Crippen LogP contribution in [0.4, 0.5) is 13.2 Å². The predicted molar refractivity (Wildman–Crippen MR) is 59.8 cm³/mol. The maximum Gasteiger partial charge on any atom is 0.415 e. The Hall–Kier alpha value is -0.820. The van der Waals surface area contributed by atoms with E-state index in [1.165, 1.54) is 0 Å². The maximum atomic E-state index is 12.6. The van der Waals surface area contributed by atoms with Crippen molar-refractivity contribution in [1.82, 2.24) is 10.2 Å². The Kier molecular flexibility index (Phi) is 3.31. The van der Waals surface area contributed by atoms with E-state index in [1.54, 1.807) is 0 Å². The van der Waals surface area contributed by atoms with Crippen molar-refractivity contribution >= 4 is 5.91 Å². The summed E-state index contributed by atoms with van der Waals surface area (Å²) in [6.45, 7) is 2.52. The van der Waals surface area contributed by atoms with Gasteiger partial charge in [-0.3, -0.25) is 9.69 Å². The van der Waals surface area contributed by atoms with E-state index in [4.69, 9.17) is 5.73 Å². The summed E-state index contributed by atoms with van der Waals surface area (Å²) >= 11 is 0. The summed E-state index contributed by atoms with van der Waals surface area (Å²) in [6.07, 6.45) is -2.07. The van der Waals surface area contributed by atoms with Crippen LogP contribution < -0.4 is 11.1 Å². The van der Waals surface area contributed by atoms with E-state index in [9.17, 15) is 18.0 Å². The fraction of sp³-hybridized carbons (Fsp3) is 0.909. The van der Waals surface area contributed by atoms with Crippen molar-refractivity contribution in [3.63, 3.8) is 0 Å². The van der Waals surface area contributed by atoms with E-state index in [1.807, 2.05) is 0 Å². The van der Waals surface area contributed by atoms with Gasteiger partial charge in [0.1, 0.15) is 0 Å². The molecule has 2 heterocycles. The van der Waals surface area contributed by atoms with Crippen LogP contribution in [0.1, 0.15) is 26.2 Å². The topological polar surface area (TPSA) is 58.4 Å². The van der Waals surface area contributed by atoms with Gasteiger partial charge in [0.05, 0.1) is 0 Å². The second-order valence-electron chi connectivity index (χ2n) is 5.31. The number of fused-ring (bicyclic) bond motifs is 1. The molecule has 3 N–H and O–H groups in total. The number of halogens is 3. The number of nitrogens with zero attached hydrogens (tertiary/aromatic N) is 1. The van der Waals surface area contributed by atoms with Crippen LogP contribution in [0.3, 0.4) is 0 Å². The minimum absolute atomic E-state index is 0.179. The summed E-state index contributed by atoms with van der Waals surface area (Å²) < 4.78 is 37.9. The van der Waals surface area contributed by atoms with Crippen LogP contribution in [0.2, 0.25) is 0 Å². The first-order chi connectivity index (χ1) is 8.23. The molecule has 2 rings (SSSR count). The second-order valence-corrected chi connectivity index (χ2v) is 5.31. The Morgan fingerprint density at radius 2 is 2.00 bits per heavy atom. The lowest BCUT2D eigenvalue weighted by Gasteiger charge is -2.29. The quantitative estimate of drug-likeness (QED) is 0.769. The highest BCUT2D eigenvalue weighted by molar-refractivity contribution is 5.87. The van der Waals surface area contributed by atoms with Gasteiger partial charge in [-0.05, 0) is 32.7 Å². The molecule has 4 nitrogen and oxygen atoms in total. The average molecular weight is 265 g/mol. The van der Waals surface area contributed by atoms with Gasteiger partial charge in [0.2, 0.25) is 5.91 Å². The molecule has 2 saturated heterocycles. The van der Waals surface area contributed by atoms with Crippen LogP contribution in [0.25, 0.3) is 0 Å². The zero-order chi connectivity index (χ0) is 13.6.